The lowest BCUT2D eigenvalue weighted by Gasteiger charge is -2.15. The highest BCUT2D eigenvalue weighted by atomic mass is 32.2. The Bertz CT molecular complexity index is 1210. The maximum Gasteiger partial charge on any atom is 0.331 e. The molecule has 0 saturated heterocycles. The number of hydrogen-bond donors (Lipinski definition) is 1. The Morgan fingerprint density at radius 1 is 1.07 bits per heavy atom. The van der Waals surface area contributed by atoms with Gasteiger partial charge in [0.05, 0.1) is 5.03 Å². The summed E-state index contributed by atoms with van der Waals surface area (Å²) in [6.45, 7) is 2.12. The van der Waals surface area contributed by atoms with Crippen LogP contribution in [-0.4, -0.2) is 9.55 Å². The zero-order chi connectivity index (χ0) is 20.2. The van der Waals surface area contributed by atoms with Gasteiger partial charge in [-0.2, -0.15) is 0 Å². The van der Waals surface area contributed by atoms with E-state index in [4.69, 9.17) is 9.15 Å². The molecule has 0 bridgehead atoms. The van der Waals surface area contributed by atoms with E-state index >= 15 is 0 Å². The second-order valence-corrected chi connectivity index (χ2v) is 7.53. The van der Waals surface area contributed by atoms with Crippen molar-refractivity contribution in [1.29, 1.82) is 0 Å². The predicted octanol–water partition coefficient (Wildman–Crippen LogP) is 4.17. The maximum absolute atomic E-state index is 12.5. The number of ether oxygens (including phenoxy) is 1. The fourth-order valence-electron chi connectivity index (χ4n) is 3.08. The summed E-state index contributed by atoms with van der Waals surface area (Å²) in [5.41, 5.74) is 0.506. The Morgan fingerprint density at radius 3 is 2.59 bits per heavy atom. The van der Waals surface area contributed by atoms with Gasteiger partial charge in [0, 0.05) is 15.8 Å². The third-order valence-corrected chi connectivity index (χ3v) is 5.66. The Morgan fingerprint density at radius 2 is 1.83 bits per heavy atom. The molecule has 0 unspecified atom stereocenters. The van der Waals surface area contributed by atoms with Gasteiger partial charge in [-0.25, -0.2) is 4.79 Å². The molecular weight excluding hydrogens is 388 g/mol. The lowest BCUT2D eigenvalue weighted by molar-refractivity contribution is 0.0455. The molecular formula is C22H20N2O4S. The second-order valence-electron chi connectivity index (χ2n) is 6.47. The highest BCUT2D eigenvalue weighted by molar-refractivity contribution is 7.99. The second kappa shape index (κ2) is 8.55. The van der Waals surface area contributed by atoms with Crippen LogP contribution in [0.25, 0.3) is 11.0 Å². The van der Waals surface area contributed by atoms with E-state index in [9.17, 15) is 9.59 Å². The number of aromatic amines is 1. The van der Waals surface area contributed by atoms with Crippen molar-refractivity contribution in [2.24, 2.45) is 0 Å². The van der Waals surface area contributed by atoms with E-state index in [1.165, 1.54) is 16.3 Å². The molecule has 2 aromatic carbocycles. The van der Waals surface area contributed by atoms with Crippen LogP contribution in [0.15, 0.2) is 84.6 Å². The van der Waals surface area contributed by atoms with Crippen LogP contribution in [0.4, 0.5) is 0 Å². The summed E-state index contributed by atoms with van der Waals surface area (Å²) in [4.78, 5) is 28.1. The van der Waals surface area contributed by atoms with Crippen molar-refractivity contribution in [1.82, 2.24) is 9.55 Å². The van der Waals surface area contributed by atoms with Crippen molar-refractivity contribution in [3.63, 3.8) is 0 Å². The van der Waals surface area contributed by atoms with Crippen LogP contribution in [0, 0.1) is 0 Å². The van der Waals surface area contributed by atoms with E-state index in [2.05, 4.69) is 4.98 Å². The minimum absolute atomic E-state index is 0.00876. The lowest BCUT2D eigenvalue weighted by Crippen LogP contribution is -2.34. The van der Waals surface area contributed by atoms with E-state index in [1.807, 2.05) is 67.6 Å². The number of hydrogen-bond acceptors (Lipinski definition) is 5. The molecule has 0 radical (unpaired) electrons. The first kappa shape index (κ1) is 19.3. The average Bonchev–Trinajstić information content (AvgIpc) is 3.14. The number of furan rings is 1. The van der Waals surface area contributed by atoms with Gasteiger partial charge in [-0.1, -0.05) is 55.1 Å². The third kappa shape index (κ3) is 4.21. The van der Waals surface area contributed by atoms with Crippen molar-refractivity contribution >= 4 is 22.7 Å². The summed E-state index contributed by atoms with van der Waals surface area (Å²) >= 11 is 1.38. The molecule has 0 aliphatic heterocycles. The topological polar surface area (TPSA) is 77.2 Å². The minimum Gasteiger partial charge on any atom is -0.459 e. The van der Waals surface area contributed by atoms with Crippen LogP contribution in [0.3, 0.4) is 0 Å². The first-order valence-electron chi connectivity index (χ1n) is 9.30. The van der Waals surface area contributed by atoms with Crippen LogP contribution in [0.5, 0.6) is 0 Å². The quantitative estimate of drug-likeness (QED) is 0.465. The molecule has 0 amide bonds. The molecule has 0 aliphatic rings. The van der Waals surface area contributed by atoms with E-state index in [0.29, 0.717) is 22.8 Å². The van der Waals surface area contributed by atoms with E-state index in [0.717, 1.165) is 15.9 Å². The maximum atomic E-state index is 12.5. The van der Waals surface area contributed by atoms with Gasteiger partial charge in [0.15, 0.2) is 0 Å². The lowest BCUT2D eigenvalue weighted by atomic mass is 10.2. The smallest absolute Gasteiger partial charge is 0.331 e. The molecule has 0 atom stereocenters. The molecule has 0 saturated carbocycles. The van der Waals surface area contributed by atoms with Gasteiger partial charge in [-0.05, 0) is 30.7 Å². The zero-order valence-electron chi connectivity index (χ0n) is 15.9. The highest BCUT2D eigenvalue weighted by Crippen LogP contribution is 2.28. The zero-order valence-corrected chi connectivity index (χ0v) is 16.7. The normalized spacial score (nSPS) is 11.2. The Balaban J connectivity index is 1.60. The molecule has 4 rings (SSSR count). The van der Waals surface area contributed by atoms with Crippen molar-refractivity contribution in [3.05, 3.63) is 92.8 Å². The Hall–Kier alpha value is -3.03. The first-order valence-corrected chi connectivity index (χ1v) is 10.1. The number of benzene rings is 2. The van der Waals surface area contributed by atoms with E-state index < -0.39 is 5.69 Å². The first-order chi connectivity index (χ1) is 14.2. The molecule has 2 aromatic heterocycles. The monoisotopic (exact) mass is 408 g/mol. The molecule has 1 N–H and O–H groups in total. The van der Waals surface area contributed by atoms with Crippen LogP contribution in [0.1, 0.15) is 18.2 Å². The molecule has 4 aromatic rings. The molecule has 0 fully saturated rings. The Labute approximate surface area is 171 Å². The van der Waals surface area contributed by atoms with Crippen LogP contribution in [0.2, 0.25) is 0 Å². The van der Waals surface area contributed by atoms with Gasteiger partial charge >= 0.3 is 5.69 Å². The van der Waals surface area contributed by atoms with Crippen molar-refractivity contribution in [2.45, 2.75) is 36.6 Å². The fourth-order valence-corrected chi connectivity index (χ4v) is 4.21. The number of aromatic nitrogens is 2. The molecule has 6 nitrogen and oxygen atoms in total. The standard InChI is InChI=1S/C22H20N2O4S/c1-2-18-20(25)23-22(26)24(21(18)29-17-9-4-3-5-10-17)14-27-13-16-12-15-8-6-7-11-19(15)28-16/h3-12H,2,13-14H2,1H3,(H,23,25,26). The predicted molar refractivity (Wildman–Crippen MR) is 112 cm³/mol. The SMILES string of the molecule is CCc1c(Sc2ccccc2)n(COCc2cc3ccccc3o2)c(=O)[nH]c1=O. The number of nitrogens with one attached hydrogen (secondary N) is 1. The van der Waals surface area contributed by atoms with Gasteiger partial charge in [0.1, 0.15) is 24.7 Å². The summed E-state index contributed by atoms with van der Waals surface area (Å²) < 4.78 is 13.0. The summed E-state index contributed by atoms with van der Waals surface area (Å²) in [5, 5.41) is 1.60. The number of H-pyrrole nitrogens is 1. The van der Waals surface area contributed by atoms with Gasteiger partial charge in [-0.3, -0.25) is 14.3 Å². The van der Waals surface area contributed by atoms with Crippen LogP contribution in [-0.2, 0) is 24.5 Å². The van der Waals surface area contributed by atoms with E-state index in [-0.39, 0.29) is 18.9 Å². The van der Waals surface area contributed by atoms with Gasteiger partial charge in [0.2, 0.25) is 0 Å². The van der Waals surface area contributed by atoms with Crippen LogP contribution >= 0.6 is 11.8 Å². The summed E-state index contributed by atoms with van der Waals surface area (Å²) in [6.07, 6.45) is 0.508. The molecule has 29 heavy (non-hydrogen) atoms. The molecule has 2 heterocycles. The average molecular weight is 408 g/mol. The molecule has 7 heteroatoms. The third-order valence-electron chi connectivity index (χ3n) is 4.50. The molecule has 148 valence electrons. The van der Waals surface area contributed by atoms with Crippen molar-refractivity contribution in [2.75, 3.05) is 0 Å². The number of fused-ring (bicyclic) bond motifs is 1. The largest absolute Gasteiger partial charge is 0.459 e. The van der Waals surface area contributed by atoms with Crippen molar-refractivity contribution < 1.29 is 9.15 Å². The fraction of sp³-hybridized carbons (Fsp3) is 0.182. The Kier molecular flexibility index (Phi) is 5.69. The number of nitrogens with zero attached hydrogens (tertiary/aromatic N) is 1. The summed E-state index contributed by atoms with van der Waals surface area (Å²) in [7, 11) is 0. The summed E-state index contributed by atoms with van der Waals surface area (Å²) in [6, 6.07) is 19.3. The van der Waals surface area contributed by atoms with E-state index in [1.54, 1.807) is 0 Å². The molecule has 0 spiro atoms. The van der Waals surface area contributed by atoms with Crippen molar-refractivity contribution in [3.8, 4) is 0 Å². The van der Waals surface area contributed by atoms with Gasteiger partial charge in [-0.15, -0.1) is 0 Å². The van der Waals surface area contributed by atoms with Gasteiger partial charge in [0.25, 0.3) is 5.56 Å². The minimum atomic E-state index is -0.491. The molecule has 0 aliphatic carbocycles. The number of rotatable bonds is 7. The van der Waals surface area contributed by atoms with Gasteiger partial charge < -0.3 is 9.15 Å². The van der Waals surface area contributed by atoms with Crippen LogP contribution < -0.4 is 11.2 Å². The number of para-hydroxylation sites is 1. The highest BCUT2D eigenvalue weighted by Gasteiger charge is 2.15. The summed E-state index contributed by atoms with van der Waals surface area (Å²) in [5.74, 6) is 0.677.